The molecular formula is C20H27N3O. The summed E-state index contributed by atoms with van der Waals surface area (Å²) in [5.74, 6) is 0. The molecule has 0 radical (unpaired) electrons. The monoisotopic (exact) mass is 325 g/mol. The molecule has 1 heterocycles. The SMILES string of the molecule is CC(c1cccnc1)N(C)C(=O)NC(C)C(C)(C)c1ccccc1. The third kappa shape index (κ3) is 3.94. The molecule has 2 atom stereocenters. The lowest BCUT2D eigenvalue weighted by Gasteiger charge is -2.35. The summed E-state index contributed by atoms with van der Waals surface area (Å²) in [6.07, 6.45) is 3.53. The number of nitrogens with zero attached hydrogens (tertiary/aromatic N) is 2. The molecule has 128 valence electrons. The van der Waals surface area contributed by atoms with Gasteiger partial charge in [-0.2, -0.15) is 0 Å². The van der Waals surface area contributed by atoms with Gasteiger partial charge in [0.2, 0.25) is 0 Å². The molecule has 0 aliphatic heterocycles. The highest BCUT2D eigenvalue weighted by Crippen LogP contribution is 2.27. The lowest BCUT2D eigenvalue weighted by molar-refractivity contribution is 0.185. The summed E-state index contributed by atoms with van der Waals surface area (Å²) in [5, 5.41) is 3.14. The van der Waals surface area contributed by atoms with Gasteiger partial charge in [0.05, 0.1) is 6.04 Å². The number of urea groups is 1. The molecule has 2 amide bonds. The van der Waals surface area contributed by atoms with Crippen molar-refractivity contribution in [3.8, 4) is 0 Å². The maximum Gasteiger partial charge on any atom is 0.317 e. The van der Waals surface area contributed by atoms with Gasteiger partial charge in [-0.3, -0.25) is 4.98 Å². The van der Waals surface area contributed by atoms with Crippen LogP contribution in [-0.4, -0.2) is 29.0 Å². The zero-order valence-corrected chi connectivity index (χ0v) is 15.2. The molecule has 0 bridgehead atoms. The number of pyridine rings is 1. The van der Waals surface area contributed by atoms with E-state index < -0.39 is 0 Å². The Morgan fingerprint density at radius 1 is 1.12 bits per heavy atom. The molecule has 0 aliphatic carbocycles. The van der Waals surface area contributed by atoms with E-state index in [0.717, 1.165) is 5.56 Å². The number of hydrogen-bond donors (Lipinski definition) is 1. The lowest BCUT2D eigenvalue weighted by atomic mass is 9.78. The van der Waals surface area contributed by atoms with Crippen LogP contribution in [-0.2, 0) is 5.41 Å². The van der Waals surface area contributed by atoms with E-state index in [-0.39, 0.29) is 23.5 Å². The van der Waals surface area contributed by atoms with Crippen LogP contribution in [0.15, 0.2) is 54.9 Å². The van der Waals surface area contributed by atoms with Crippen molar-refractivity contribution in [1.29, 1.82) is 0 Å². The Hall–Kier alpha value is -2.36. The third-order valence-electron chi connectivity index (χ3n) is 5.01. The van der Waals surface area contributed by atoms with Crippen molar-refractivity contribution in [2.45, 2.75) is 45.2 Å². The fraction of sp³-hybridized carbons (Fsp3) is 0.400. The molecule has 24 heavy (non-hydrogen) atoms. The molecule has 0 saturated heterocycles. The molecule has 0 saturated carbocycles. The normalized spacial score (nSPS) is 13.9. The van der Waals surface area contributed by atoms with Gasteiger partial charge in [0.25, 0.3) is 0 Å². The van der Waals surface area contributed by atoms with E-state index in [4.69, 9.17) is 0 Å². The predicted octanol–water partition coefficient (Wildman–Crippen LogP) is 4.15. The minimum atomic E-state index is -0.157. The van der Waals surface area contributed by atoms with Crippen molar-refractivity contribution in [3.05, 3.63) is 66.0 Å². The fourth-order valence-electron chi connectivity index (χ4n) is 2.61. The zero-order valence-electron chi connectivity index (χ0n) is 15.2. The first-order valence-corrected chi connectivity index (χ1v) is 8.32. The van der Waals surface area contributed by atoms with Crippen molar-refractivity contribution in [1.82, 2.24) is 15.2 Å². The Morgan fingerprint density at radius 3 is 2.38 bits per heavy atom. The minimum absolute atomic E-state index is 0.00375. The summed E-state index contributed by atoms with van der Waals surface area (Å²) < 4.78 is 0. The first-order chi connectivity index (χ1) is 11.3. The lowest BCUT2D eigenvalue weighted by Crippen LogP contribution is -2.50. The van der Waals surface area contributed by atoms with Gasteiger partial charge in [-0.1, -0.05) is 50.2 Å². The van der Waals surface area contributed by atoms with Gasteiger partial charge in [-0.15, -0.1) is 0 Å². The molecule has 2 unspecified atom stereocenters. The Kier molecular flexibility index (Phi) is 5.60. The van der Waals surface area contributed by atoms with Gasteiger partial charge in [-0.25, -0.2) is 4.79 Å². The second-order valence-electron chi connectivity index (χ2n) is 6.83. The highest BCUT2D eigenvalue weighted by Gasteiger charge is 2.30. The van der Waals surface area contributed by atoms with Crippen molar-refractivity contribution in [2.75, 3.05) is 7.05 Å². The Morgan fingerprint density at radius 2 is 1.79 bits per heavy atom. The summed E-state index contributed by atoms with van der Waals surface area (Å²) in [6.45, 7) is 8.35. The number of amides is 2. The van der Waals surface area contributed by atoms with E-state index in [9.17, 15) is 4.79 Å². The fourth-order valence-corrected chi connectivity index (χ4v) is 2.61. The summed E-state index contributed by atoms with van der Waals surface area (Å²) >= 11 is 0. The number of aromatic nitrogens is 1. The van der Waals surface area contributed by atoms with Crippen LogP contribution in [0.5, 0.6) is 0 Å². The standard InChI is InChI=1S/C20H27N3O/c1-15(17-10-9-13-21-14-17)23(5)19(24)22-16(2)20(3,4)18-11-7-6-8-12-18/h6-16H,1-5H3,(H,22,24). The van der Waals surface area contributed by atoms with Gasteiger partial charge in [-0.05, 0) is 31.0 Å². The highest BCUT2D eigenvalue weighted by molar-refractivity contribution is 5.75. The topological polar surface area (TPSA) is 45.2 Å². The van der Waals surface area contributed by atoms with E-state index in [2.05, 4.69) is 36.3 Å². The van der Waals surface area contributed by atoms with E-state index in [1.807, 2.05) is 51.2 Å². The van der Waals surface area contributed by atoms with Crippen LogP contribution >= 0.6 is 0 Å². The van der Waals surface area contributed by atoms with Crippen LogP contribution in [0.1, 0.15) is 44.9 Å². The number of rotatable bonds is 5. The third-order valence-corrected chi connectivity index (χ3v) is 5.01. The second kappa shape index (κ2) is 7.47. The Bertz CT molecular complexity index is 655. The Balaban J connectivity index is 2.05. The predicted molar refractivity (Wildman–Crippen MR) is 97.9 cm³/mol. The van der Waals surface area contributed by atoms with Gasteiger partial charge in [0.15, 0.2) is 0 Å². The van der Waals surface area contributed by atoms with Gasteiger partial charge >= 0.3 is 6.03 Å². The number of carbonyl (C=O) groups is 1. The largest absolute Gasteiger partial charge is 0.335 e. The van der Waals surface area contributed by atoms with Crippen molar-refractivity contribution in [2.24, 2.45) is 0 Å². The summed E-state index contributed by atoms with van der Waals surface area (Å²) in [5.41, 5.74) is 2.07. The summed E-state index contributed by atoms with van der Waals surface area (Å²) in [7, 11) is 1.81. The highest BCUT2D eigenvalue weighted by atomic mass is 16.2. The van der Waals surface area contributed by atoms with E-state index in [1.54, 1.807) is 17.3 Å². The number of hydrogen-bond acceptors (Lipinski definition) is 2. The maximum absolute atomic E-state index is 12.6. The van der Waals surface area contributed by atoms with Crippen LogP contribution in [0.25, 0.3) is 0 Å². The number of nitrogens with one attached hydrogen (secondary N) is 1. The molecular weight excluding hydrogens is 298 g/mol. The van der Waals surface area contributed by atoms with Gasteiger partial charge in [0, 0.05) is 30.9 Å². The van der Waals surface area contributed by atoms with Crippen LogP contribution in [0, 0.1) is 0 Å². The average Bonchev–Trinajstić information content (AvgIpc) is 2.61. The van der Waals surface area contributed by atoms with Crippen molar-refractivity contribution >= 4 is 6.03 Å². The molecule has 2 rings (SSSR count). The molecule has 0 fully saturated rings. The number of benzene rings is 1. The molecule has 4 heteroatoms. The number of carbonyl (C=O) groups excluding carboxylic acids is 1. The molecule has 1 aromatic carbocycles. The average molecular weight is 325 g/mol. The molecule has 2 aromatic rings. The first kappa shape index (κ1) is 18.0. The second-order valence-corrected chi connectivity index (χ2v) is 6.83. The molecule has 4 nitrogen and oxygen atoms in total. The van der Waals surface area contributed by atoms with E-state index in [1.165, 1.54) is 5.56 Å². The van der Waals surface area contributed by atoms with Crippen molar-refractivity contribution in [3.63, 3.8) is 0 Å². The van der Waals surface area contributed by atoms with E-state index >= 15 is 0 Å². The maximum atomic E-state index is 12.6. The van der Waals surface area contributed by atoms with Crippen LogP contribution < -0.4 is 5.32 Å². The smallest absolute Gasteiger partial charge is 0.317 e. The first-order valence-electron chi connectivity index (χ1n) is 8.32. The van der Waals surface area contributed by atoms with Crippen molar-refractivity contribution < 1.29 is 4.79 Å². The van der Waals surface area contributed by atoms with Gasteiger partial charge < -0.3 is 10.2 Å². The summed E-state index contributed by atoms with van der Waals surface area (Å²) in [6, 6.07) is 14.0. The van der Waals surface area contributed by atoms with Crippen LogP contribution in [0.3, 0.4) is 0 Å². The molecule has 1 N–H and O–H groups in total. The summed E-state index contributed by atoms with van der Waals surface area (Å²) in [4.78, 5) is 18.5. The van der Waals surface area contributed by atoms with Crippen LogP contribution in [0.2, 0.25) is 0 Å². The molecule has 1 aromatic heterocycles. The Labute approximate surface area is 144 Å². The molecule has 0 spiro atoms. The van der Waals surface area contributed by atoms with E-state index in [0.29, 0.717) is 0 Å². The minimum Gasteiger partial charge on any atom is -0.335 e. The van der Waals surface area contributed by atoms with Crippen LogP contribution in [0.4, 0.5) is 4.79 Å². The quantitative estimate of drug-likeness (QED) is 0.897. The zero-order chi connectivity index (χ0) is 17.7. The van der Waals surface area contributed by atoms with Gasteiger partial charge in [0.1, 0.15) is 0 Å². The molecule has 0 aliphatic rings.